The summed E-state index contributed by atoms with van der Waals surface area (Å²) in [6.07, 6.45) is 3.46. The summed E-state index contributed by atoms with van der Waals surface area (Å²) in [7, 11) is 2.18. The molecule has 1 aliphatic carbocycles. The molecule has 0 radical (unpaired) electrons. The topological polar surface area (TPSA) is 23.5 Å². The van der Waals surface area contributed by atoms with Crippen LogP contribution >= 0.6 is 0 Å². The Balaban J connectivity index is 2.51. The quantitative estimate of drug-likeness (QED) is 0.820. The highest BCUT2D eigenvalue weighted by Gasteiger charge is 2.38. The first-order valence-electron chi connectivity index (χ1n) is 6.98. The molecule has 2 heteroatoms. The Morgan fingerprint density at radius 3 is 2.41 bits per heavy atom. The average molecular weight is 241 g/mol. The lowest BCUT2D eigenvalue weighted by Crippen LogP contribution is -2.45. The highest BCUT2D eigenvalue weighted by Crippen LogP contribution is 2.39. The number of nitrogens with zero attached hydrogens (tertiary/aromatic N) is 1. The standard InChI is InChI=1S/C15H31NO/c1-14(2,3)11-16(6)10-12-8-7-9-15(4,5)13(12)17/h12-13,17H,7-11H2,1-6H3. The van der Waals surface area contributed by atoms with Gasteiger partial charge in [0.2, 0.25) is 0 Å². The molecule has 0 saturated heterocycles. The third kappa shape index (κ3) is 4.59. The maximum absolute atomic E-state index is 10.4. The predicted molar refractivity (Wildman–Crippen MR) is 74.1 cm³/mol. The van der Waals surface area contributed by atoms with Crippen LogP contribution in [0.3, 0.4) is 0 Å². The minimum absolute atomic E-state index is 0.103. The largest absolute Gasteiger partial charge is 0.392 e. The van der Waals surface area contributed by atoms with Gasteiger partial charge >= 0.3 is 0 Å². The molecule has 2 nitrogen and oxygen atoms in total. The molecule has 17 heavy (non-hydrogen) atoms. The van der Waals surface area contributed by atoms with Gasteiger partial charge in [0.15, 0.2) is 0 Å². The number of rotatable bonds is 3. The van der Waals surface area contributed by atoms with Gasteiger partial charge in [-0.05, 0) is 36.6 Å². The van der Waals surface area contributed by atoms with Crippen molar-refractivity contribution >= 4 is 0 Å². The van der Waals surface area contributed by atoms with Crippen molar-refractivity contribution in [1.82, 2.24) is 4.90 Å². The summed E-state index contributed by atoms with van der Waals surface area (Å²) in [6, 6.07) is 0. The van der Waals surface area contributed by atoms with Crippen LogP contribution < -0.4 is 0 Å². The Morgan fingerprint density at radius 2 is 1.88 bits per heavy atom. The lowest BCUT2D eigenvalue weighted by molar-refractivity contribution is -0.0427. The minimum Gasteiger partial charge on any atom is -0.392 e. The van der Waals surface area contributed by atoms with Gasteiger partial charge in [-0.3, -0.25) is 0 Å². The molecule has 2 atom stereocenters. The van der Waals surface area contributed by atoms with Gasteiger partial charge in [0, 0.05) is 13.1 Å². The summed E-state index contributed by atoms with van der Waals surface area (Å²) in [6.45, 7) is 13.3. The summed E-state index contributed by atoms with van der Waals surface area (Å²) in [5.41, 5.74) is 0.440. The third-order valence-electron chi connectivity index (χ3n) is 3.93. The zero-order valence-corrected chi connectivity index (χ0v) is 12.6. The van der Waals surface area contributed by atoms with Crippen LogP contribution in [0.5, 0.6) is 0 Å². The highest BCUT2D eigenvalue weighted by molar-refractivity contribution is 4.89. The van der Waals surface area contributed by atoms with E-state index in [0.29, 0.717) is 11.3 Å². The van der Waals surface area contributed by atoms with Gasteiger partial charge in [-0.25, -0.2) is 0 Å². The molecule has 1 saturated carbocycles. The predicted octanol–water partition coefficient (Wildman–Crippen LogP) is 3.15. The van der Waals surface area contributed by atoms with Crippen molar-refractivity contribution in [2.45, 2.75) is 60.0 Å². The van der Waals surface area contributed by atoms with Gasteiger partial charge in [-0.2, -0.15) is 0 Å². The fraction of sp³-hybridized carbons (Fsp3) is 1.00. The average Bonchev–Trinajstić information content (AvgIpc) is 2.09. The first-order chi connectivity index (χ1) is 7.62. The maximum Gasteiger partial charge on any atom is 0.0631 e. The Kier molecular flexibility index (Phi) is 4.65. The summed E-state index contributed by atoms with van der Waals surface area (Å²) in [5, 5.41) is 10.4. The minimum atomic E-state index is -0.140. The van der Waals surface area contributed by atoms with Crippen LogP contribution in [-0.2, 0) is 0 Å². The lowest BCUT2D eigenvalue weighted by Gasteiger charge is -2.42. The Morgan fingerprint density at radius 1 is 1.29 bits per heavy atom. The van der Waals surface area contributed by atoms with Gasteiger partial charge in [0.1, 0.15) is 0 Å². The number of aliphatic hydroxyl groups excluding tert-OH is 1. The van der Waals surface area contributed by atoms with Crippen molar-refractivity contribution in [3.63, 3.8) is 0 Å². The van der Waals surface area contributed by atoms with Crippen LogP contribution in [0.1, 0.15) is 53.9 Å². The summed E-state index contributed by atoms with van der Waals surface area (Å²) in [4.78, 5) is 2.38. The van der Waals surface area contributed by atoms with E-state index in [1.807, 2.05) is 0 Å². The number of hydrogen-bond donors (Lipinski definition) is 1. The maximum atomic E-state index is 10.4. The Bertz CT molecular complexity index is 242. The van der Waals surface area contributed by atoms with Crippen LogP contribution in [0.2, 0.25) is 0 Å². The second-order valence-electron chi connectivity index (χ2n) is 7.84. The zero-order valence-electron chi connectivity index (χ0n) is 12.6. The van der Waals surface area contributed by atoms with E-state index in [1.165, 1.54) is 12.8 Å². The van der Waals surface area contributed by atoms with Crippen LogP contribution in [0, 0.1) is 16.7 Å². The van der Waals surface area contributed by atoms with Crippen LogP contribution in [0.25, 0.3) is 0 Å². The molecule has 0 heterocycles. The zero-order chi connectivity index (χ0) is 13.3. The highest BCUT2D eigenvalue weighted by atomic mass is 16.3. The van der Waals surface area contributed by atoms with Gasteiger partial charge < -0.3 is 10.0 Å². The molecule has 102 valence electrons. The molecule has 1 N–H and O–H groups in total. The van der Waals surface area contributed by atoms with Gasteiger partial charge in [0.25, 0.3) is 0 Å². The van der Waals surface area contributed by atoms with E-state index in [-0.39, 0.29) is 11.5 Å². The molecular formula is C15H31NO. The third-order valence-corrected chi connectivity index (χ3v) is 3.93. The van der Waals surface area contributed by atoms with E-state index in [1.54, 1.807) is 0 Å². The molecule has 2 unspecified atom stereocenters. The van der Waals surface area contributed by atoms with Gasteiger partial charge in [-0.15, -0.1) is 0 Å². The van der Waals surface area contributed by atoms with Crippen molar-refractivity contribution in [1.29, 1.82) is 0 Å². The van der Waals surface area contributed by atoms with Crippen molar-refractivity contribution in [3.05, 3.63) is 0 Å². The van der Waals surface area contributed by atoms with Gasteiger partial charge in [0.05, 0.1) is 6.10 Å². The van der Waals surface area contributed by atoms with E-state index in [9.17, 15) is 5.11 Å². The fourth-order valence-corrected chi connectivity index (χ4v) is 3.23. The molecule has 0 spiro atoms. The van der Waals surface area contributed by atoms with Crippen molar-refractivity contribution < 1.29 is 5.11 Å². The van der Waals surface area contributed by atoms with Gasteiger partial charge in [-0.1, -0.05) is 41.0 Å². The van der Waals surface area contributed by atoms with Crippen molar-refractivity contribution in [2.75, 3.05) is 20.1 Å². The number of aliphatic hydroxyl groups is 1. The second kappa shape index (κ2) is 5.27. The molecule has 0 aliphatic heterocycles. The van der Waals surface area contributed by atoms with E-state index < -0.39 is 0 Å². The molecular weight excluding hydrogens is 210 g/mol. The first-order valence-corrected chi connectivity index (χ1v) is 6.98. The normalized spacial score (nSPS) is 29.6. The molecule has 1 fully saturated rings. The fourth-order valence-electron chi connectivity index (χ4n) is 3.23. The van der Waals surface area contributed by atoms with E-state index in [2.05, 4.69) is 46.6 Å². The second-order valence-corrected chi connectivity index (χ2v) is 7.84. The molecule has 1 rings (SSSR count). The molecule has 0 aromatic rings. The van der Waals surface area contributed by atoms with Crippen molar-refractivity contribution in [3.8, 4) is 0 Å². The Labute approximate surface area is 107 Å². The monoisotopic (exact) mass is 241 g/mol. The SMILES string of the molecule is CN(CC1CCCC(C)(C)C1O)CC(C)(C)C. The first kappa shape index (κ1) is 15.0. The van der Waals surface area contributed by atoms with E-state index >= 15 is 0 Å². The lowest BCUT2D eigenvalue weighted by atomic mass is 9.69. The molecule has 0 aromatic carbocycles. The van der Waals surface area contributed by atoms with Crippen LogP contribution in [0.15, 0.2) is 0 Å². The van der Waals surface area contributed by atoms with E-state index in [0.717, 1.165) is 19.5 Å². The number of hydrogen-bond acceptors (Lipinski definition) is 2. The molecule has 0 aromatic heterocycles. The summed E-state index contributed by atoms with van der Waals surface area (Å²) < 4.78 is 0. The summed E-state index contributed by atoms with van der Waals surface area (Å²) in [5.74, 6) is 0.450. The smallest absolute Gasteiger partial charge is 0.0631 e. The molecule has 0 bridgehead atoms. The molecule has 1 aliphatic rings. The Hall–Kier alpha value is -0.0800. The molecule has 0 amide bonds. The summed E-state index contributed by atoms with van der Waals surface area (Å²) >= 11 is 0. The van der Waals surface area contributed by atoms with Crippen molar-refractivity contribution in [2.24, 2.45) is 16.7 Å². The van der Waals surface area contributed by atoms with E-state index in [4.69, 9.17) is 0 Å². The van der Waals surface area contributed by atoms with Crippen LogP contribution in [0.4, 0.5) is 0 Å². The van der Waals surface area contributed by atoms with Crippen LogP contribution in [-0.4, -0.2) is 36.2 Å².